The number of benzene rings is 1. The van der Waals surface area contributed by atoms with Crippen LogP contribution in [0.2, 0.25) is 30.8 Å². The monoisotopic (exact) mass is 404 g/mol. The molecule has 0 N–H and O–H groups in total. The van der Waals surface area contributed by atoms with Gasteiger partial charge >= 0.3 is 0 Å². The van der Waals surface area contributed by atoms with Crippen LogP contribution in [0.5, 0.6) is 0 Å². The molecule has 0 aliphatic rings. The summed E-state index contributed by atoms with van der Waals surface area (Å²) < 4.78 is 21.2. The van der Waals surface area contributed by atoms with Crippen molar-refractivity contribution in [2.24, 2.45) is 0 Å². The lowest BCUT2D eigenvalue weighted by molar-refractivity contribution is 0.0884. The van der Waals surface area contributed by atoms with Crippen molar-refractivity contribution >= 4 is 35.6 Å². The van der Waals surface area contributed by atoms with Crippen molar-refractivity contribution in [3.63, 3.8) is 0 Å². The SMILES string of the molecule is C[Si](C)(C)CCOCn1c(-c2ccc(F)cc2)nc(Br)c1Cl. The van der Waals surface area contributed by atoms with Crippen molar-refractivity contribution in [3.8, 4) is 11.4 Å². The third kappa shape index (κ3) is 4.65. The molecule has 0 radical (unpaired) electrons. The van der Waals surface area contributed by atoms with E-state index in [1.165, 1.54) is 12.1 Å². The minimum Gasteiger partial charge on any atom is -0.361 e. The van der Waals surface area contributed by atoms with E-state index >= 15 is 0 Å². The average Bonchev–Trinajstić information content (AvgIpc) is 2.71. The van der Waals surface area contributed by atoms with Crippen LogP contribution in [0, 0.1) is 5.82 Å². The molecule has 0 saturated heterocycles. The highest BCUT2D eigenvalue weighted by Crippen LogP contribution is 2.29. The molecule has 7 heteroatoms. The first-order chi connectivity index (χ1) is 10.3. The molecule has 0 unspecified atom stereocenters. The smallest absolute Gasteiger partial charge is 0.145 e. The minimum atomic E-state index is -1.12. The van der Waals surface area contributed by atoms with Crippen LogP contribution in [0.25, 0.3) is 11.4 Å². The number of hydrogen-bond acceptors (Lipinski definition) is 2. The van der Waals surface area contributed by atoms with Gasteiger partial charge in [-0.2, -0.15) is 0 Å². The second-order valence-electron chi connectivity index (χ2n) is 6.30. The molecular formula is C15H19BrClFN2OSi. The summed E-state index contributed by atoms with van der Waals surface area (Å²) >= 11 is 9.60. The van der Waals surface area contributed by atoms with E-state index in [0.29, 0.717) is 28.9 Å². The third-order valence-corrected chi connectivity index (χ3v) is 6.05. The molecule has 1 aromatic carbocycles. The maximum atomic E-state index is 13.1. The van der Waals surface area contributed by atoms with Crippen molar-refractivity contribution < 1.29 is 9.13 Å². The van der Waals surface area contributed by atoms with E-state index in [1.54, 1.807) is 16.7 Å². The van der Waals surface area contributed by atoms with E-state index < -0.39 is 8.07 Å². The normalized spacial score (nSPS) is 11.9. The molecule has 0 aliphatic heterocycles. The van der Waals surface area contributed by atoms with Crippen molar-refractivity contribution in [2.75, 3.05) is 6.61 Å². The van der Waals surface area contributed by atoms with Crippen LogP contribution in [-0.4, -0.2) is 24.2 Å². The van der Waals surface area contributed by atoms with Gasteiger partial charge in [-0.1, -0.05) is 31.2 Å². The van der Waals surface area contributed by atoms with E-state index in [0.717, 1.165) is 11.6 Å². The molecule has 3 nitrogen and oxygen atoms in total. The molecule has 0 bridgehead atoms. The maximum Gasteiger partial charge on any atom is 0.145 e. The molecule has 22 heavy (non-hydrogen) atoms. The van der Waals surface area contributed by atoms with Crippen LogP contribution in [0.4, 0.5) is 4.39 Å². The van der Waals surface area contributed by atoms with E-state index in [-0.39, 0.29) is 5.82 Å². The van der Waals surface area contributed by atoms with Gasteiger partial charge in [0.05, 0.1) is 0 Å². The van der Waals surface area contributed by atoms with Gasteiger partial charge in [0, 0.05) is 20.2 Å². The van der Waals surface area contributed by atoms with E-state index in [2.05, 4.69) is 40.6 Å². The molecule has 0 saturated carbocycles. The lowest BCUT2D eigenvalue weighted by atomic mass is 10.2. The fraction of sp³-hybridized carbons (Fsp3) is 0.400. The zero-order valence-corrected chi connectivity index (χ0v) is 16.2. The molecule has 0 amide bonds. The van der Waals surface area contributed by atoms with E-state index in [9.17, 15) is 4.39 Å². The average molecular weight is 406 g/mol. The molecule has 0 spiro atoms. The predicted molar refractivity (Wildman–Crippen MR) is 94.4 cm³/mol. The number of aromatic nitrogens is 2. The van der Waals surface area contributed by atoms with E-state index in [1.807, 2.05) is 0 Å². The van der Waals surface area contributed by atoms with Gasteiger partial charge in [-0.3, -0.25) is 4.57 Å². The zero-order valence-electron chi connectivity index (χ0n) is 12.9. The van der Waals surface area contributed by atoms with Gasteiger partial charge in [0.15, 0.2) is 0 Å². The first-order valence-electron chi connectivity index (χ1n) is 7.03. The lowest BCUT2D eigenvalue weighted by Crippen LogP contribution is -2.22. The lowest BCUT2D eigenvalue weighted by Gasteiger charge is -2.16. The summed E-state index contributed by atoms with van der Waals surface area (Å²) in [6.45, 7) is 7.95. The molecule has 1 heterocycles. The summed E-state index contributed by atoms with van der Waals surface area (Å²) in [5.74, 6) is 0.378. The van der Waals surface area contributed by atoms with Gasteiger partial charge in [-0.15, -0.1) is 0 Å². The van der Waals surface area contributed by atoms with Crippen LogP contribution in [0.3, 0.4) is 0 Å². The molecule has 120 valence electrons. The highest BCUT2D eigenvalue weighted by molar-refractivity contribution is 9.10. The Hall–Kier alpha value is -0.693. The number of nitrogens with zero attached hydrogens (tertiary/aromatic N) is 2. The Morgan fingerprint density at radius 3 is 2.50 bits per heavy atom. The quantitative estimate of drug-likeness (QED) is 0.474. The van der Waals surface area contributed by atoms with Gasteiger partial charge in [-0.25, -0.2) is 9.37 Å². The van der Waals surface area contributed by atoms with Crippen molar-refractivity contribution in [1.29, 1.82) is 0 Å². The standard InChI is InChI=1S/C15H19BrClFN2OSi/c1-22(2,3)9-8-21-10-20-14(17)13(16)19-15(20)11-4-6-12(18)7-5-11/h4-7H,8-10H2,1-3H3. The number of halogens is 3. The Morgan fingerprint density at radius 1 is 1.27 bits per heavy atom. The Bertz CT molecular complexity index is 640. The molecule has 0 fully saturated rings. The first kappa shape index (κ1) is 17.7. The minimum absolute atomic E-state index is 0.279. The topological polar surface area (TPSA) is 27.1 Å². The number of ether oxygens (including phenoxy) is 1. The first-order valence-corrected chi connectivity index (χ1v) is 11.9. The fourth-order valence-electron chi connectivity index (χ4n) is 1.88. The van der Waals surface area contributed by atoms with E-state index in [4.69, 9.17) is 16.3 Å². The highest BCUT2D eigenvalue weighted by atomic mass is 79.9. The summed E-state index contributed by atoms with van der Waals surface area (Å²) in [4.78, 5) is 4.39. The summed E-state index contributed by atoms with van der Waals surface area (Å²) in [6.07, 6.45) is 0. The highest BCUT2D eigenvalue weighted by Gasteiger charge is 2.16. The molecule has 1 aromatic heterocycles. The second-order valence-corrected chi connectivity index (χ2v) is 13.0. The predicted octanol–water partition coefficient (Wildman–Crippen LogP) is 5.42. The van der Waals surface area contributed by atoms with Crippen LogP contribution in [0.15, 0.2) is 28.9 Å². The van der Waals surface area contributed by atoms with Crippen LogP contribution in [-0.2, 0) is 11.5 Å². The van der Waals surface area contributed by atoms with Crippen molar-refractivity contribution in [3.05, 3.63) is 39.8 Å². The number of hydrogen-bond donors (Lipinski definition) is 0. The summed E-state index contributed by atoms with van der Waals surface area (Å²) in [5.41, 5.74) is 0.794. The molecule has 2 aromatic rings. The second kappa shape index (κ2) is 7.25. The third-order valence-electron chi connectivity index (χ3n) is 3.19. The van der Waals surface area contributed by atoms with Crippen molar-refractivity contribution in [1.82, 2.24) is 9.55 Å². The van der Waals surface area contributed by atoms with Crippen LogP contribution >= 0.6 is 27.5 Å². The number of imidazole rings is 1. The Morgan fingerprint density at radius 2 is 1.91 bits per heavy atom. The summed E-state index contributed by atoms with van der Waals surface area (Å²) in [7, 11) is -1.12. The Labute approximate surface area is 144 Å². The maximum absolute atomic E-state index is 13.1. The summed E-state index contributed by atoms with van der Waals surface area (Å²) in [6, 6.07) is 7.26. The molecular weight excluding hydrogens is 387 g/mol. The van der Waals surface area contributed by atoms with Crippen LogP contribution in [0.1, 0.15) is 0 Å². The largest absolute Gasteiger partial charge is 0.361 e. The molecule has 0 atom stereocenters. The fourth-order valence-corrected chi connectivity index (χ4v) is 3.18. The van der Waals surface area contributed by atoms with Crippen LogP contribution < -0.4 is 0 Å². The Balaban J connectivity index is 2.15. The number of rotatable bonds is 6. The zero-order chi connectivity index (χ0) is 16.3. The molecule has 0 aliphatic carbocycles. The molecule has 2 rings (SSSR count). The van der Waals surface area contributed by atoms with Gasteiger partial charge in [0.1, 0.15) is 28.1 Å². The Kier molecular flexibility index (Phi) is 5.82. The van der Waals surface area contributed by atoms with Gasteiger partial charge in [-0.05, 0) is 46.2 Å². The van der Waals surface area contributed by atoms with Gasteiger partial charge in [0.2, 0.25) is 0 Å². The summed E-state index contributed by atoms with van der Waals surface area (Å²) in [5, 5.41) is 0.479. The van der Waals surface area contributed by atoms with Crippen molar-refractivity contribution in [2.45, 2.75) is 32.4 Å². The van der Waals surface area contributed by atoms with Gasteiger partial charge < -0.3 is 4.74 Å². The van der Waals surface area contributed by atoms with Gasteiger partial charge in [0.25, 0.3) is 0 Å².